The summed E-state index contributed by atoms with van der Waals surface area (Å²) in [4.78, 5) is 5.41. The van der Waals surface area contributed by atoms with Crippen LogP contribution >= 0.6 is 34.5 Å². The summed E-state index contributed by atoms with van der Waals surface area (Å²) in [5.74, 6) is 0. The Morgan fingerprint density at radius 2 is 1.94 bits per heavy atom. The van der Waals surface area contributed by atoms with Crippen molar-refractivity contribution in [1.29, 1.82) is 0 Å². The van der Waals surface area contributed by atoms with Crippen molar-refractivity contribution in [3.05, 3.63) is 44.3 Å². The van der Waals surface area contributed by atoms with Gasteiger partial charge in [-0.1, -0.05) is 23.2 Å². The lowest BCUT2D eigenvalue weighted by molar-refractivity contribution is 1.12. The fourth-order valence-electron chi connectivity index (χ4n) is 1.33. The van der Waals surface area contributed by atoms with E-state index in [1.165, 1.54) is 4.88 Å². The first kappa shape index (κ1) is 11.7. The topological polar surface area (TPSA) is 24.9 Å². The van der Waals surface area contributed by atoms with E-state index in [0.717, 1.165) is 17.9 Å². The van der Waals surface area contributed by atoms with Crippen LogP contribution in [0, 0.1) is 6.92 Å². The van der Waals surface area contributed by atoms with Gasteiger partial charge in [0, 0.05) is 20.6 Å². The summed E-state index contributed by atoms with van der Waals surface area (Å²) in [7, 11) is 0. The van der Waals surface area contributed by atoms with Crippen molar-refractivity contribution in [3.63, 3.8) is 0 Å². The summed E-state index contributed by atoms with van der Waals surface area (Å²) in [5, 5.41) is 4.54. The zero-order chi connectivity index (χ0) is 11.5. The van der Waals surface area contributed by atoms with Gasteiger partial charge in [-0.2, -0.15) is 0 Å². The molecule has 84 valence electrons. The zero-order valence-electron chi connectivity index (χ0n) is 8.63. The Morgan fingerprint density at radius 1 is 1.25 bits per heavy atom. The van der Waals surface area contributed by atoms with Gasteiger partial charge in [0.05, 0.1) is 17.7 Å². The highest BCUT2D eigenvalue weighted by Gasteiger charge is 2.02. The third-order valence-corrected chi connectivity index (χ3v) is 3.53. The Labute approximate surface area is 108 Å². The third-order valence-electron chi connectivity index (χ3n) is 2.16. The molecule has 5 heteroatoms. The van der Waals surface area contributed by atoms with Crippen molar-refractivity contribution in [1.82, 2.24) is 4.98 Å². The highest BCUT2D eigenvalue weighted by Crippen LogP contribution is 2.23. The number of aromatic nitrogens is 1. The number of aryl methyl sites for hydroxylation is 1. The van der Waals surface area contributed by atoms with Gasteiger partial charge < -0.3 is 5.32 Å². The SMILES string of the molecule is Cc1ncsc1CNc1cc(Cl)cc(Cl)c1. The van der Waals surface area contributed by atoms with Crippen LogP contribution < -0.4 is 5.32 Å². The molecule has 0 amide bonds. The average Bonchev–Trinajstić information content (AvgIpc) is 2.59. The molecule has 2 nitrogen and oxygen atoms in total. The minimum atomic E-state index is 0.635. The van der Waals surface area contributed by atoms with E-state index in [4.69, 9.17) is 23.2 Å². The number of hydrogen-bond donors (Lipinski definition) is 1. The van der Waals surface area contributed by atoms with Crippen LogP contribution in [0.5, 0.6) is 0 Å². The molecule has 0 saturated heterocycles. The monoisotopic (exact) mass is 272 g/mol. The van der Waals surface area contributed by atoms with E-state index in [-0.39, 0.29) is 0 Å². The van der Waals surface area contributed by atoms with Crippen LogP contribution in [0.4, 0.5) is 5.69 Å². The van der Waals surface area contributed by atoms with Gasteiger partial charge in [0.1, 0.15) is 0 Å². The van der Waals surface area contributed by atoms with Crippen molar-refractivity contribution in [2.45, 2.75) is 13.5 Å². The third kappa shape index (κ3) is 2.88. The Kier molecular flexibility index (Phi) is 3.69. The van der Waals surface area contributed by atoms with Crippen LogP contribution in [0.1, 0.15) is 10.6 Å². The molecule has 0 bridgehead atoms. The van der Waals surface area contributed by atoms with Crippen LogP contribution in [0.2, 0.25) is 10.0 Å². The second kappa shape index (κ2) is 5.04. The Hall–Kier alpha value is -0.770. The summed E-state index contributed by atoms with van der Waals surface area (Å²) in [6.07, 6.45) is 0. The Morgan fingerprint density at radius 3 is 2.50 bits per heavy atom. The predicted molar refractivity (Wildman–Crippen MR) is 70.6 cm³/mol. The lowest BCUT2D eigenvalue weighted by Crippen LogP contribution is -1.98. The second-order valence-electron chi connectivity index (χ2n) is 3.37. The van der Waals surface area contributed by atoms with Crippen molar-refractivity contribution in [2.24, 2.45) is 0 Å². The molecule has 1 aromatic heterocycles. The van der Waals surface area contributed by atoms with Crippen LogP contribution in [0.3, 0.4) is 0 Å². The second-order valence-corrected chi connectivity index (χ2v) is 5.18. The first-order chi connectivity index (χ1) is 7.65. The molecule has 0 aliphatic rings. The first-order valence-corrected chi connectivity index (χ1v) is 6.37. The molecule has 0 aliphatic heterocycles. The van der Waals surface area contributed by atoms with Gasteiger partial charge in [0.25, 0.3) is 0 Å². The van der Waals surface area contributed by atoms with Gasteiger partial charge in [0.2, 0.25) is 0 Å². The highest BCUT2D eigenvalue weighted by molar-refractivity contribution is 7.09. The van der Waals surface area contributed by atoms with E-state index in [9.17, 15) is 0 Å². The largest absolute Gasteiger partial charge is 0.380 e. The highest BCUT2D eigenvalue weighted by atomic mass is 35.5. The molecule has 2 aromatic rings. The molecule has 0 radical (unpaired) electrons. The normalized spacial score (nSPS) is 10.4. The number of anilines is 1. The average molecular weight is 273 g/mol. The lowest BCUT2D eigenvalue weighted by atomic mass is 10.3. The molecule has 1 heterocycles. The summed E-state index contributed by atoms with van der Waals surface area (Å²) in [6, 6.07) is 5.42. The molecule has 0 fully saturated rings. The Bertz CT molecular complexity index is 476. The van der Waals surface area contributed by atoms with Crippen LogP contribution in [0.25, 0.3) is 0 Å². The van der Waals surface area contributed by atoms with E-state index in [2.05, 4.69) is 10.3 Å². The quantitative estimate of drug-likeness (QED) is 0.898. The zero-order valence-corrected chi connectivity index (χ0v) is 11.0. The number of nitrogens with zero attached hydrogens (tertiary/aromatic N) is 1. The van der Waals surface area contributed by atoms with Crippen LogP contribution in [-0.4, -0.2) is 4.98 Å². The first-order valence-electron chi connectivity index (χ1n) is 4.74. The van der Waals surface area contributed by atoms with E-state index >= 15 is 0 Å². The van der Waals surface area contributed by atoms with Gasteiger partial charge in [-0.15, -0.1) is 11.3 Å². The minimum absolute atomic E-state index is 0.635. The number of benzene rings is 1. The van der Waals surface area contributed by atoms with Crippen LogP contribution in [-0.2, 0) is 6.54 Å². The fourth-order valence-corrected chi connectivity index (χ4v) is 2.58. The molecule has 0 unspecified atom stereocenters. The number of nitrogens with one attached hydrogen (secondary N) is 1. The maximum absolute atomic E-state index is 5.91. The lowest BCUT2D eigenvalue weighted by Gasteiger charge is -2.06. The Balaban J connectivity index is 2.07. The maximum atomic E-state index is 5.91. The minimum Gasteiger partial charge on any atom is -0.380 e. The molecule has 0 saturated carbocycles. The van der Waals surface area contributed by atoms with Crippen molar-refractivity contribution in [2.75, 3.05) is 5.32 Å². The van der Waals surface area contributed by atoms with Gasteiger partial charge in [-0.05, 0) is 25.1 Å². The number of thiazole rings is 1. The van der Waals surface area contributed by atoms with Gasteiger partial charge in [-0.25, -0.2) is 4.98 Å². The molecule has 0 aliphatic carbocycles. The maximum Gasteiger partial charge on any atom is 0.0798 e. The fraction of sp³-hybridized carbons (Fsp3) is 0.182. The number of rotatable bonds is 3. The summed E-state index contributed by atoms with van der Waals surface area (Å²) in [6.45, 7) is 2.74. The van der Waals surface area contributed by atoms with Gasteiger partial charge >= 0.3 is 0 Å². The molecule has 1 aromatic carbocycles. The van der Waals surface area contributed by atoms with Crippen molar-refractivity contribution in [3.8, 4) is 0 Å². The van der Waals surface area contributed by atoms with Gasteiger partial charge in [0.15, 0.2) is 0 Å². The molecule has 0 spiro atoms. The van der Waals surface area contributed by atoms with Crippen molar-refractivity contribution < 1.29 is 0 Å². The molecule has 2 rings (SSSR count). The predicted octanol–water partition coefficient (Wildman–Crippen LogP) is 4.37. The molecule has 16 heavy (non-hydrogen) atoms. The van der Waals surface area contributed by atoms with Gasteiger partial charge in [-0.3, -0.25) is 0 Å². The smallest absolute Gasteiger partial charge is 0.0798 e. The van der Waals surface area contributed by atoms with E-state index < -0.39 is 0 Å². The molecular formula is C11H10Cl2N2S. The van der Waals surface area contributed by atoms with E-state index in [1.54, 1.807) is 17.4 Å². The summed E-state index contributed by atoms with van der Waals surface area (Å²) < 4.78 is 0. The van der Waals surface area contributed by atoms with Crippen molar-refractivity contribution >= 4 is 40.2 Å². The number of hydrogen-bond acceptors (Lipinski definition) is 3. The van der Waals surface area contributed by atoms with Crippen LogP contribution in [0.15, 0.2) is 23.7 Å². The summed E-state index contributed by atoms with van der Waals surface area (Å²) in [5.41, 5.74) is 3.83. The van der Waals surface area contributed by atoms with E-state index in [0.29, 0.717) is 10.0 Å². The molecule has 1 N–H and O–H groups in total. The summed E-state index contributed by atoms with van der Waals surface area (Å²) >= 11 is 13.5. The van der Waals surface area contributed by atoms with E-state index in [1.807, 2.05) is 24.6 Å². The number of halogens is 2. The molecular weight excluding hydrogens is 263 g/mol. The standard InChI is InChI=1S/C11H10Cl2N2S/c1-7-11(16-6-15-7)5-14-10-3-8(12)2-9(13)4-10/h2-4,6,14H,5H2,1H3. The molecule has 0 atom stereocenters.